The van der Waals surface area contributed by atoms with Gasteiger partial charge in [0.15, 0.2) is 0 Å². The maximum Gasteiger partial charge on any atom is 0.415 e. The molecular formula is C18H23F2N3O4. The number of ether oxygens (including phenoxy) is 2. The number of halogens is 2. The molecule has 2 aliphatic rings. The van der Waals surface area contributed by atoms with Crippen molar-refractivity contribution in [2.24, 2.45) is 0 Å². The van der Waals surface area contributed by atoms with E-state index in [1.165, 1.54) is 12.0 Å². The van der Waals surface area contributed by atoms with Crippen LogP contribution in [0.4, 0.5) is 25.1 Å². The molecule has 7 nitrogen and oxygen atoms in total. The number of amides is 1. The average Bonchev–Trinajstić information content (AvgIpc) is 3.29. The molecule has 27 heavy (non-hydrogen) atoms. The summed E-state index contributed by atoms with van der Waals surface area (Å²) in [5.41, 5.74) is 0.612. The van der Waals surface area contributed by atoms with Gasteiger partial charge in [0.2, 0.25) is 5.82 Å². The van der Waals surface area contributed by atoms with Crippen LogP contribution in [0, 0.1) is 11.8 Å². The number of carbonyl (C=O) groups excluding carboxylic acids is 2. The van der Waals surface area contributed by atoms with Crippen molar-refractivity contribution in [3.05, 3.63) is 17.3 Å². The van der Waals surface area contributed by atoms with Crippen LogP contribution in [-0.4, -0.2) is 50.4 Å². The predicted octanol–water partition coefficient (Wildman–Crippen LogP) is 2.97. The van der Waals surface area contributed by atoms with E-state index in [2.05, 4.69) is 4.98 Å². The molecular weight excluding hydrogens is 360 g/mol. The molecule has 1 aromatic heterocycles. The molecule has 3 heterocycles. The van der Waals surface area contributed by atoms with Gasteiger partial charge in [0.25, 0.3) is 5.95 Å². The van der Waals surface area contributed by atoms with Gasteiger partial charge in [-0.3, -0.25) is 9.69 Å². The molecule has 1 atom stereocenters. The van der Waals surface area contributed by atoms with Crippen LogP contribution in [0.2, 0.25) is 0 Å². The van der Waals surface area contributed by atoms with Crippen molar-refractivity contribution in [2.75, 3.05) is 43.2 Å². The van der Waals surface area contributed by atoms with E-state index in [0.717, 1.165) is 12.8 Å². The molecule has 148 valence electrons. The van der Waals surface area contributed by atoms with Gasteiger partial charge in [0, 0.05) is 37.5 Å². The Hall–Kier alpha value is -2.45. The summed E-state index contributed by atoms with van der Waals surface area (Å²) in [5.74, 6) is -2.91. The van der Waals surface area contributed by atoms with Crippen LogP contribution in [0.15, 0.2) is 0 Å². The quantitative estimate of drug-likeness (QED) is 0.575. The number of hydrogen-bond acceptors (Lipinski definition) is 6. The van der Waals surface area contributed by atoms with Crippen LogP contribution >= 0.6 is 0 Å². The third-order valence-electron chi connectivity index (χ3n) is 4.98. The lowest BCUT2D eigenvalue weighted by Crippen LogP contribution is -2.30. The third kappa shape index (κ3) is 3.68. The number of rotatable bonds is 5. The summed E-state index contributed by atoms with van der Waals surface area (Å²) in [5, 5.41) is 0. The first-order valence-electron chi connectivity index (χ1n) is 9.12. The molecule has 0 N–H and O–H groups in total. The monoisotopic (exact) mass is 383 g/mol. The zero-order valence-corrected chi connectivity index (χ0v) is 15.5. The maximum absolute atomic E-state index is 14.7. The maximum atomic E-state index is 14.7. The van der Waals surface area contributed by atoms with Gasteiger partial charge in [-0.15, -0.1) is 0 Å². The minimum absolute atomic E-state index is 0.0662. The normalized spacial score (nSPS) is 18.6. The van der Waals surface area contributed by atoms with Crippen LogP contribution in [0.25, 0.3) is 0 Å². The zero-order valence-electron chi connectivity index (χ0n) is 15.5. The highest BCUT2D eigenvalue weighted by molar-refractivity contribution is 5.91. The van der Waals surface area contributed by atoms with Crippen LogP contribution in [-0.2, 0) is 14.3 Å². The first-order chi connectivity index (χ1) is 13.0. The molecule has 0 saturated carbocycles. The van der Waals surface area contributed by atoms with E-state index in [4.69, 9.17) is 9.47 Å². The van der Waals surface area contributed by atoms with E-state index in [0.29, 0.717) is 25.1 Å². The molecule has 0 bridgehead atoms. The number of esters is 1. The number of hydrogen-bond donors (Lipinski definition) is 0. The number of aromatic nitrogens is 1. The number of carbonyl (C=O) groups is 2. The fraction of sp³-hybridized carbons (Fsp3) is 0.611. The second-order valence-electron chi connectivity index (χ2n) is 6.62. The second kappa shape index (κ2) is 8.06. The minimum atomic E-state index is -1.24. The van der Waals surface area contributed by atoms with Crippen LogP contribution in [0.5, 0.6) is 0 Å². The van der Waals surface area contributed by atoms with Crippen LogP contribution in [0.1, 0.15) is 44.1 Å². The number of anilines is 2. The van der Waals surface area contributed by atoms with Crippen molar-refractivity contribution in [3.8, 4) is 0 Å². The summed E-state index contributed by atoms with van der Waals surface area (Å²) >= 11 is 0. The van der Waals surface area contributed by atoms with Gasteiger partial charge in [-0.1, -0.05) is 0 Å². The Kier molecular flexibility index (Phi) is 5.76. The van der Waals surface area contributed by atoms with Gasteiger partial charge in [0.1, 0.15) is 5.82 Å². The summed E-state index contributed by atoms with van der Waals surface area (Å²) in [6, 6.07) is 0. The van der Waals surface area contributed by atoms with Gasteiger partial charge >= 0.3 is 12.1 Å². The van der Waals surface area contributed by atoms with Crippen LogP contribution in [0.3, 0.4) is 0 Å². The Bertz CT molecular complexity index is 738. The molecule has 1 amide bonds. The van der Waals surface area contributed by atoms with E-state index in [1.807, 2.05) is 0 Å². The van der Waals surface area contributed by atoms with Gasteiger partial charge < -0.3 is 14.4 Å². The summed E-state index contributed by atoms with van der Waals surface area (Å²) in [4.78, 5) is 30.6. The minimum Gasteiger partial charge on any atom is -0.466 e. The van der Waals surface area contributed by atoms with Crippen molar-refractivity contribution in [2.45, 2.75) is 38.5 Å². The SMILES string of the molecule is CCOC(=O)CCC1CN(C(=O)OC)c2nc(F)c(F)c(N3CCCC3)c21. The Morgan fingerprint density at radius 1 is 1.26 bits per heavy atom. The van der Waals surface area contributed by atoms with Gasteiger partial charge in [-0.25, -0.2) is 4.79 Å². The van der Waals surface area contributed by atoms with Crippen molar-refractivity contribution in [1.82, 2.24) is 4.98 Å². The van der Waals surface area contributed by atoms with Crippen molar-refractivity contribution >= 4 is 23.6 Å². The molecule has 1 aromatic rings. The molecule has 1 fully saturated rings. The molecule has 0 spiro atoms. The van der Waals surface area contributed by atoms with E-state index in [-0.39, 0.29) is 43.0 Å². The zero-order chi connectivity index (χ0) is 19.6. The summed E-state index contributed by atoms with van der Waals surface area (Å²) < 4.78 is 38.6. The van der Waals surface area contributed by atoms with E-state index in [9.17, 15) is 18.4 Å². The standard InChI is InChI=1S/C18H23F2N3O4/c1-3-27-12(24)7-6-11-10-23(18(25)26-2)17-13(11)15(14(19)16(20)21-17)22-8-4-5-9-22/h11H,3-10H2,1-2H3. The summed E-state index contributed by atoms with van der Waals surface area (Å²) in [6.07, 6.45) is 1.53. The first-order valence-corrected chi connectivity index (χ1v) is 9.12. The van der Waals surface area contributed by atoms with Crippen molar-refractivity contribution < 1.29 is 27.8 Å². The fourth-order valence-electron chi connectivity index (χ4n) is 3.79. The predicted molar refractivity (Wildman–Crippen MR) is 94.0 cm³/mol. The number of fused-ring (bicyclic) bond motifs is 1. The lowest BCUT2D eigenvalue weighted by atomic mass is 9.95. The Labute approximate surface area is 156 Å². The molecule has 0 radical (unpaired) electrons. The number of pyridine rings is 1. The largest absolute Gasteiger partial charge is 0.466 e. The Morgan fingerprint density at radius 3 is 2.59 bits per heavy atom. The summed E-state index contributed by atoms with van der Waals surface area (Å²) in [7, 11) is 1.22. The lowest BCUT2D eigenvalue weighted by molar-refractivity contribution is -0.143. The van der Waals surface area contributed by atoms with Gasteiger partial charge in [-0.2, -0.15) is 13.8 Å². The fourth-order valence-corrected chi connectivity index (χ4v) is 3.79. The number of nitrogens with zero attached hydrogens (tertiary/aromatic N) is 3. The smallest absolute Gasteiger partial charge is 0.415 e. The first kappa shape index (κ1) is 19.3. The molecule has 0 aromatic carbocycles. The van der Waals surface area contributed by atoms with E-state index in [1.54, 1.807) is 11.8 Å². The van der Waals surface area contributed by atoms with Crippen LogP contribution < -0.4 is 9.80 Å². The molecule has 2 aliphatic heterocycles. The van der Waals surface area contributed by atoms with E-state index < -0.39 is 17.9 Å². The summed E-state index contributed by atoms with van der Waals surface area (Å²) in [6.45, 7) is 3.35. The average molecular weight is 383 g/mol. The molecule has 9 heteroatoms. The highest BCUT2D eigenvalue weighted by Crippen LogP contribution is 2.46. The van der Waals surface area contributed by atoms with Gasteiger partial charge in [0.05, 0.1) is 19.4 Å². The number of methoxy groups -OCH3 is 1. The third-order valence-corrected chi connectivity index (χ3v) is 4.98. The molecule has 1 saturated heterocycles. The van der Waals surface area contributed by atoms with E-state index >= 15 is 0 Å². The Morgan fingerprint density at radius 2 is 1.96 bits per heavy atom. The van der Waals surface area contributed by atoms with Crippen molar-refractivity contribution in [3.63, 3.8) is 0 Å². The molecule has 0 aliphatic carbocycles. The molecule has 1 unspecified atom stereocenters. The van der Waals surface area contributed by atoms with Gasteiger partial charge in [-0.05, 0) is 26.2 Å². The highest BCUT2D eigenvalue weighted by atomic mass is 19.2. The highest BCUT2D eigenvalue weighted by Gasteiger charge is 2.40. The molecule has 3 rings (SSSR count). The Balaban J connectivity index is 2.01. The lowest BCUT2D eigenvalue weighted by Gasteiger charge is -2.24. The topological polar surface area (TPSA) is 72.0 Å². The second-order valence-corrected chi connectivity index (χ2v) is 6.62. The van der Waals surface area contributed by atoms with Crippen molar-refractivity contribution in [1.29, 1.82) is 0 Å².